The van der Waals surface area contributed by atoms with Gasteiger partial charge in [0.1, 0.15) is 5.25 Å². The van der Waals surface area contributed by atoms with E-state index in [1.165, 1.54) is 0 Å². The molecule has 1 saturated heterocycles. The first-order valence-electron chi connectivity index (χ1n) is 9.05. The van der Waals surface area contributed by atoms with E-state index in [-0.39, 0.29) is 17.2 Å². The Balaban J connectivity index is 1.69. The molecular formula is C21H26N2OS. The lowest BCUT2D eigenvalue weighted by molar-refractivity contribution is -0.121. The van der Waals surface area contributed by atoms with Gasteiger partial charge < -0.3 is 10.2 Å². The van der Waals surface area contributed by atoms with Crippen molar-refractivity contribution in [2.45, 2.75) is 36.0 Å². The first kappa shape index (κ1) is 18.0. The normalized spacial score (nSPS) is 17.2. The van der Waals surface area contributed by atoms with Gasteiger partial charge in [-0.05, 0) is 37.1 Å². The summed E-state index contributed by atoms with van der Waals surface area (Å²) in [5, 5.41) is 3.08. The van der Waals surface area contributed by atoms with E-state index in [0.29, 0.717) is 0 Å². The number of piperidine rings is 1. The number of likely N-dealkylation sites (tertiary alicyclic amines) is 1. The van der Waals surface area contributed by atoms with Gasteiger partial charge in [0.05, 0.1) is 0 Å². The van der Waals surface area contributed by atoms with Crippen LogP contribution >= 0.6 is 11.8 Å². The molecule has 25 heavy (non-hydrogen) atoms. The van der Waals surface area contributed by atoms with Crippen molar-refractivity contribution in [2.75, 3.05) is 19.6 Å². The molecule has 0 aliphatic carbocycles. The summed E-state index contributed by atoms with van der Waals surface area (Å²) in [5.74, 6) is 0.120. The van der Waals surface area contributed by atoms with Gasteiger partial charge in [-0.1, -0.05) is 55.5 Å². The van der Waals surface area contributed by atoms with Gasteiger partial charge in [0.2, 0.25) is 5.91 Å². The number of nitrogens with one attached hydrogen (secondary N) is 1. The smallest absolute Gasteiger partial charge is 0.238 e. The molecule has 1 atom stereocenters. The number of thioether (sulfide) groups is 1. The predicted octanol–water partition coefficient (Wildman–Crippen LogP) is 4.12. The first-order chi connectivity index (χ1) is 12.3. The predicted molar refractivity (Wildman–Crippen MR) is 105 cm³/mol. The minimum atomic E-state index is -0.215. The van der Waals surface area contributed by atoms with Gasteiger partial charge in [-0.2, -0.15) is 0 Å². The van der Waals surface area contributed by atoms with E-state index >= 15 is 0 Å². The van der Waals surface area contributed by atoms with Crippen LogP contribution in [0.15, 0.2) is 65.6 Å². The Morgan fingerprint density at radius 1 is 1.08 bits per heavy atom. The Morgan fingerprint density at radius 3 is 2.28 bits per heavy atom. The highest BCUT2D eigenvalue weighted by Gasteiger charge is 2.26. The Morgan fingerprint density at radius 2 is 1.68 bits per heavy atom. The minimum Gasteiger partial charge on any atom is -0.352 e. The fourth-order valence-electron chi connectivity index (χ4n) is 3.21. The summed E-state index contributed by atoms with van der Waals surface area (Å²) in [6.45, 7) is 5.44. The van der Waals surface area contributed by atoms with E-state index in [1.54, 1.807) is 11.8 Å². The van der Waals surface area contributed by atoms with E-state index in [9.17, 15) is 4.79 Å². The van der Waals surface area contributed by atoms with Crippen molar-refractivity contribution in [3.8, 4) is 0 Å². The van der Waals surface area contributed by atoms with Crippen molar-refractivity contribution >= 4 is 17.7 Å². The maximum absolute atomic E-state index is 13.0. The summed E-state index contributed by atoms with van der Waals surface area (Å²) >= 11 is 1.62. The van der Waals surface area contributed by atoms with Gasteiger partial charge in [-0.25, -0.2) is 0 Å². The zero-order valence-corrected chi connectivity index (χ0v) is 15.5. The maximum atomic E-state index is 13.0. The van der Waals surface area contributed by atoms with Crippen LogP contribution in [0.5, 0.6) is 0 Å². The van der Waals surface area contributed by atoms with Crippen LogP contribution < -0.4 is 5.32 Å². The molecule has 1 aliphatic rings. The molecule has 1 fully saturated rings. The molecule has 1 N–H and O–H groups in total. The van der Waals surface area contributed by atoms with Crippen LogP contribution in [0.4, 0.5) is 0 Å². The zero-order valence-electron chi connectivity index (χ0n) is 14.7. The summed E-state index contributed by atoms with van der Waals surface area (Å²) < 4.78 is 0. The molecule has 0 bridgehead atoms. The largest absolute Gasteiger partial charge is 0.352 e. The lowest BCUT2D eigenvalue weighted by atomic mass is 10.0. The van der Waals surface area contributed by atoms with Crippen molar-refractivity contribution in [3.05, 3.63) is 66.2 Å². The van der Waals surface area contributed by atoms with Crippen LogP contribution in [-0.4, -0.2) is 36.5 Å². The van der Waals surface area contributed by atoms with E-state index in [2.05, 4.69) is 29.3 Å². The molecule has 0 spiro atoms. The van der Waals surface area contributed by atoms with Crippen molar-refractivity contribution in [1.29, 1.82) is 0 Å². The van der Waals surface area contributed by atoms with E-state index in [0.717, 1.165) is 42.9 Å². The number of nitrogens with zero attached hydrogens (tertiary/aromatic N) is 1. The number of benzene rings is 2. The fourth-order valence-corrected chi connectivity index (χ4v) is 4.26. The maximum Gasteiger partial charge on any atom is 0.238 e. The Bertz CT molecular complexity index is 654. The van der Waals surface area contributed by atoms with Crippen LogP contribution in [0.25, 0.3) is 0 Å². The quantitative estimate of drug-likeness (QED) is 0.792. The van der Waals surface area contributed by atoms with Crippen LogP contribution in [0, 0.1) is 0 Å². The molecule has 0 saturated carbocycles. The Labute approximate surface area is 154 Å². The highest BCUT2D eigenvalue weighted by Crippen LogP contribution is 2.35. The summed E-state index contributed by atoms with van der Waals surface area (Å²) in [6.07, 6.45) is 2.08. The van der Waals surface area contributed by atoms with Crippen LogP contribution in [-0.2, 0) is 4.79 Å². The molecular weight excluding hydrogens is 328 g/mol. The Hall–Kier alpha value is -1.78. The standard InChI is InChI=1S/C21H26N2OS/c1-2-23-15-13-18(14-16-23)22-21(24)20(17-9-5-3-6-10-17)25-19-11-7-4-8-12-19/h3-12,18,20H,2,13-16H2,1H3,(H,22,24). The van der Waals surface area contributed by atoms with Gasteiger partial charge >= 0.3 is 0 Å². The second-order valence-electron chi connectivity index (χ2n) is 6.44. The van der Waals surface area contributed by atoms with Crippen LogP contribution in [0.2, 0.25) is 0 Å². The average molecular weight is 355 g/mol. The second kappa shape index (κ2) is 9.07. The minimum absolute atomic E-state index is 0.120. The average Bonchev–Trinajstić information content (AvgIpc) is 2.68. The molecule has 1 aliphatic heterocycles. The zero-order chi connectivity index (χ0) is 17.5. The Kier molecular flexibility index (Phi) is 6.54. The monoisotopic (exact) mass is 354 g/mol. The van der Waals surface area contributed by atoms with Crippen molar-refractivity contribution in [1.82, 2.24) is 10.2 Å². The molecule has 1 unspecified atom stereocenters. The molecule has 1 heterocycles. The highest BCUT2D eigenvalue weighted by molar-refractivity contribution is 8.00. The second-order valence-corrected chi connectivity index (χ2v) is 7.62. The third-order valence-electron chi connectivity index (χ3n) is 4.72. The molecule has 2 aromatic rings. The van der Waals surface area contributed by atoms with Crippen molar-refractivity contribution in [2.24, 2.45) is 0 Å². The van der Waals surface area contributed by atoms with Gasteiger partial charge in [0.25, 0.3) is 0 Å². The SMILES string of the molecule is CCN1CCC(NC(=O)C(Sc2ccccc2)c2ccccc2)CC1. The third-order valence-corrected chi connectivity index (χ3v) is 5.99. The van der Waals surface area contributed by atoms with E-state index < -0.39 is 0 Å². The number of carbonyl (C=O) groups is 1. The summed E-state index contributed by atoms with van der Waals surface area (Å²) in [5.41, 5.74) is 1.06. The lowest BCUT2D eigenvalue weighted by Gasteiger charge is -2.32. The number of rotatable bonds is 6. The summed E-state index contributed by atoms with van der Waals surface area (Å²) in [4.78, 5) is 16.6. The summed E-state index contributed by atoms with van der Waals surface area (Å²) in [7, 11) is 0. The van der Waals surface area contributed by atoms with E-state index in [4.69, 9.17) is 0 Å². The van der Waals surface area contributed by atoms with Crippen LogP contribution in [0.1, 0.15) is 30.6 Å². The molecule has 0 aromatic heterocycles. The fraction of sp³-hybridized carbons (Fsp3) is 0.381. The molecule has 3 rings (SSSR count). The van der Waals surface area contributed by atoms with Gasteiger partial charge in [0, 0.05) is 24.0 Å². The molecule has 3 nitrogen and oxygen atoms in total. The summed E-state index contributed by atoms with van der Waals surface area (Å²) in [6, 6.07) is 20.5. The molecule has 4 heteroatoms. The first-order valence-corrected chi connectivity index (χ1v) is 9.93. The number of hydrogen-bond acceptors (Lipinski definition) is 3. The number of carbonyl (C=O) groups excluding carboxylic acids is 1. The van der Waals surface area contributed by atoms with Gasteiger partial charge in [-0.3, -0.25) is 4.79 Å². The van der Waals surface area contributed by atoms with Crippen molar-refractivity contribution < 1.29 is 4.79 Å². The number of hydrogen-bond donors (Lipinski definition) is 1. The van der Waals surface area contributed by atoms with Gasteiger partial charge in [-0.15, -0.1) is 11.8 Å². The highest BCUT2D eigenvalue weighted by atomic mass is 32.2. The molecule has 0 radical (unpaired) electrons. The molecule has 2 aromatic carbocycles. The van der Waals surface area contributed by atoms with Crippen molar-refractivity contribution in [3.63, 3.8) is 0 Å². The van der Waals surface area contributed by atoms with Gasteiger partial charge in [0.15, 0.2) is 0 Å². The molecule has 132 valence electrons. The molecule has 1 amide bonds. The lowest BCUT2D eigenvalue weighted by Crippen LogP contribution is -2.45. The van der Waals surface area contributed by atoms with Crippen LogP contribution in [0.3, 0.4) is 0 Å². The van der Waals surface area contributed by atoms with E-state index in [1.807, 2.05) is 48.5 Å². The number of amides is 1. The third kappa shape index (κ3) is 5.10. The topological polar surface area (TPSA) is 32.3 Å².